The molecular formula is C13H18Cl2F3N5. The first-order chi connectivity index (χ1) is 9.86. The maximum absolute atomic E-state index is 12.6. The van der Waals surface area contributed by atoms with Gasteiger partial charge in [0, 0.05) is 13.1 Å². The van der Waals surface area contributed by atoms with Gasteiger partial charge in [-0.2, -0.15) is 18.2 Å². The second-order valence-electron chi connectivity index (χ2n) is 4.68. The third-order valence-corrected chi connectivity index (χ3v) is 3.08. The molecule has 1 aromatic rings. The molecule has 0 radical (unpaired) electrons. The normalized spacial score (nSPS) is 15.9. The molecule has 0 amide bonds. The number of alkyl halides is 3. The van der Waals surface area contributed by atoms with Crippen molar-refractivity contribution in [2.45, 2.75) is 19.0 Å². The number of likely N-dealkylation sites (tertiary alicyclic amines) is 1. The van der Waals surface area contributed by atoms with Gasteiger partial charge < -0.3 is 16.4 Å². The van der Waals surface area contributed by atoms with E-state index in [0.717, 1.165) is 38.1 Å². The number of halogens is 5. The van der Waals surface area contributed by atoms with Crippen molar-refractivity contribution in [1.82, 2.24) is 4.90 Å². The van der Waals surface area contributed by atoms with Crippen LogP contribution in [0.5, 0.6) is 0 Å². The first-order valence-corrected chi connectivity index (χ1v) is 6.47. The quantitative estimate of drug-likeness (QED) is 0.588. The van der Waals surface area contributed by atoms with Crippen LogP contribution in [0.3, 0.4) is 0 Å². The molecule has 4 N–H and O–H groups in total. The van der Waals surface area contributed by atoms with Crippen molar-refractivity contribution < 1.29 is 13.2 Å². The predicted octanol–water partition coefficient (Wildman–Crippen LogP) is 2.91. The van der Waals surface area contributed by atoms with Gasteiger partial charge in [0.25, 0.3) is 0 Å². The summed E-state index contributed by atoms with van der Waals surface area (Å²) in [7, 11) is 0. The van der Waals surface area contributed by atoms with E-state index in [0.29, 0.717) is 0 Å². The molecule has 0 saturated carbocycles. The van der Waals surface area contributed by atoms with Crippen LogP contribution in [0.4, 0.5) is 18.9 Å². The summed E-state index contributed by atoms with van der Waals surface area (Å²) in [5.74, 6) is 0.0689. The number of hydrogen-bond acceptors (Lipinski definition) is 1. The van der Waals surface area contributed by atoms with Gasteiger partial charge in [0.1, 0.15) is 0 Å². The van der Waals surface area contributed by atoms with Crippen LogP contribution in [0.2, 0.25) is 0 Å². The zero-order valence-electron chi connectivity index (χ0n) is 12.1. The molecule has 0 bridgehead atoms. The van der Waals surface area contributed by atoms with Gasteiger partial charge >= 0.3 is 6.18 Å². The van der Waals surface area contributed by atoms with Gasteiger partial charge in [0.05, 0.1) is 11.3 Å². The first kappa shape index (κ1) is 21.3. The van der Waals surface area contributed by atoms with Gasteiger partial charge in [-0.3, -0.25) is 0 Å². The summed E-state index contributed by atoms with van der Waals surface area (Å²) in [5.41, 5.74) is 10.7. The Kier molecular flexibility index (Phi) is 8.19. The number of guanidine groups is 2. The lowest BCUT2D eigenvalue weighted by Crippen LogP contribution is -2.36. The van der Waals surface area contributed by atoms with Gasteiger partial charge in [0.2, 0.25) is 5.96 Å². The molecule has 130 valence electrons. The second kappa shape index (κ2) is 8.83. The molecule has 1 aromatic carbocycles. The highest BCUT2D eigenvalue weighted by Gasteiger charge is 2.30. The van der Waals surface area contributed by atoms with Crippen molar-refractivity contribution in [3.63, 3.8) is 0 Å². The standard InChI is InChI=1S/C13H16F3N5.2ClH/c14-13(15,16)9-4-3-5-10(8-9)19-11(17)20-12(18)21-6-1-2-7-21;;/h3-5,8H,1-2,6-7H2,(H4,17,18,19,20);2*1H. The first-order valence-electron chi connectivity index (χ1n) is 6.47. The molecule has 1 aliphatic heterocycles. The Morgan fingerprint density at radius 2 is 1.70 bits per heavy atom. The number of nitrogens with two attached hydrogens (primary N) is 2. The lowest BCUT2D eigenvalue weighted by atomic mass is 10.2. The van der Waals surface area contributed by atoms with E-state index in [9.17, 15) is 13.2 Å². The van der Waals surface area contributed by atoms with Gasteiger partial charge in [0.15, 0.2) is 5.96 Å². The van der Waals surface area contributed by atoms with Crippen molar-refractivity contribution in [2.75, 3.05) is 13.1 Å². The Bertz CT molecular complexity index is 569. The highest BCUT2D eigenvalue weighted by atomic mass is 35.5. The van der Waals surface area contributed by atoms with Crippen molar-refractivity contribution in [2.24, 2.45) is 21.5 Å². The van der Waals surface area contributed by atoms with Gasteiger partial charge in [-0.05, 0) is 31.0 Å². The van der Waals surface area contributed by atoms with Gasteiger partial charge in [-0.1, -0.05) is 6.07 Å². The van der Waals surface area contributed by atoms with E-state index < -0.39 is 11.7 Å². The molecule has 1 heterocycles. The van der Waals surface area contributed by atoms with E-state index in [1.165, 1.54) is 12.1 Å². The summed E-state index contributed by atoms with van der Waals surface area (Å²) < 4.78 is 37.8. The molecule has 0 aliphatic carbocycles. The van der Waals surface area contributed by atoms with Crippen LogP contribution in [-0.2, 0) is 6.18 Å². The summed E-state index contributed by atoms with van der Waals surface area (Å²) >= 11 is 0. The van der Waals surface area contributed by atoms with E-state index in [2.05, 4.69) is 9.98 Å². The largest absolute Gasteiger partial charge is 0.416 e. The number of hydrogen-bond donors (Lipinski definition) is 2. The maximum Gasteiger partial charge on any atom is 0.416 e. The predicted molar refractivity (Wildman–Crippen MR) is 89.7 cm³/mol. The maximum atomic E-state index is 12.6. The summed E-state index contributed by atoms with van der Waals surface area (Å²) in [4.78, 5) is 9.61. The summed E-state index contributed by atoms with van der Waals surface area (Å²) in [6.07, 6.45) is -2.36. The average molecular weight is 372 g/mol. The summed E-state index contributed by atoms with van der Waals surface area (Å²) in [6.45, 7) is 1.60. The smallest absolute Gasteiger partial charge is 0.369 e. The van der Waals surface area contributed by atoms with Crippen LogP contribution in [-0.4, -0.2) is 29.9 Å². The van der Waals surface area contributed by atoms with Crippen molar-refractivity contribution in [3.8, 4) is 0 Å². The summed E-state index contributed by atoms with van der Waals surface area (Å²) in [5, 5.41) is 0. The minimum absolute atomic E-state index is 0. The Morgan fingerprint density at radius 3 is 2.26 bits per heavy atom. The number of nitrogens with zero attached hydrogens (tertiary/aromatic N) is 3. The third-order valence-electron chi connectivity index (χ3n) is 3.08. The van der Waals surface area contributed by atoms with Crippen LogP contribution in [0.25, 0.3) is 0 Å². The zero-order chi connectivity index (χ0) is 15.5. The van der Waals surface area contributed by atoms with E-state index in [-0.39, 0.29) is 42.4 Å². The van der Waals surface area contributed by atoms with Crippen molar-refractivity contribution in [1.29, 1.82) is 0 Å². The fourth-order valence-corrected chi connectivity index (χ4v) is 2.04. The van der Waals surface area contributed by atoms with Crippen LogP contribution >= 0.6 is 24.8 Å². The number of benzene rings is 1. The van der Waals surface area contributed by atoms with E-state index >= 15 is 0 Å². The summed E-state index contributed by atoms with van der Waals surface area (Å²) in [6, 6.07) is 4.57. The fraction of sp³-hybridized carbons (Fsp3) is 0.385. The van der Waals surface area contributed by atoms with Crippen LogP contribution in [0, 0.1) is 0 Å². The van der Waals surface area contributed by atoms with E-state index in [1.54, 1.807) is 0 Å². The molecule has 1 fully saturated rings. The molecule has 2 rings (SSSR count). The number of rotatable bonds is 1. The molecule has 0 atom stereocenters. The van der Waals surface area contributed by atoms with E-state index in [1.807, 2.05) is 4.90 Å². The Hall–Kier alpha value is -1.67. The molecular weight excluding hydrogens is 354 g/mol. The van der Waals surface area contributed by atoms with Crippen molar-refractivity contribution in [3.05, 3.63) is 29.8 Å². The topological polar surface area (TPSA) is 80.0 Å². The zero-order valence-corrected chi connectivity index (χ0v) is 13.7. The fourth-order valence-electron chi connectivity index (χ4n) is 2.04. The minimum atomic E-state index is -4.42. The average Bonchev–Trinajstić information content (AvgIpc) is 2.91. The molecule has 0 spiro atoms. The molecule has 0 aromatic heterocycles. The van der Waals surface area contributed by atoms with Crippen molar-refractivity contribution >= 4 is 42.4 Å². The lowest BCUT2D eigenvalue weighted by molar-refractivity contribution is -0.137. The van der Waals surface area contributed by atoms with Gasteiger partial charge in [-0.15, -0.1) is 24.8 Å². The number of aliphatic imine (C=N–C) groups is 2. The SMILES string of the molecule is Cl.Cl.NC(=Nc1cccc(C(F)(F)F)c1)/N=C(/N)N1CCCC1. The molecule has 5 nitrogen and oxygen atoms in total. The molecule has 0 unspecified atom stereocenters. The molecule has 23 heavy (non-hydrogen) atoms. The minimum Gasteiger partial charge on any atom is -0.369 e. The second-order valence-corrected chi connectivity index (χ2v) is 4.68. The Labute approximate surface area is 144 Å². The van der Waals surface area contributed by atoms with Crippen LogP contribution in [0.1, 0.15) is 18.4 Å². The van der Waals surface area contributed by atoms with Crippen LogP contribution in [0.15, 0.2) is 34.3 Å². The van der Waals surface area contributed by atoms with E-state index in [4.69, 9.17) is 11.5 Å². The monoisotopic (exact) mass is 371 g/mol. The highest BCUT2D eigenvalue weighted by molar-refractivity contribution is 5.94. The molecule has 1 saturated heterocycles. The third kappa shape index (κ3) is 6.15. The lowest BCUT2D eigenvalue weighted by Gasteiger charge is -2.15. The molecule has 1 aliphatic rings. The molecule has 10 heteroatoms. The highest BCUT2D eigenvalue weighted by Crippen LogP contribution is 2.31. The Morgan fingerprint density at radius 1 is 1.09 bits per heavy atom. The Balaban J connectivity index is 0.00000242. The van der Waals surface area contributed by atoms with Crippen LogP contribution < -0.4 is 11.5 Å². The van der Waals surface area contributed by atoms with Gasteiger partial charge in [-0.25, -0.2) is 4.99 Å².